The molecule has 2 aromatic rings. The molecule has 0 aliphatic rings. The van der Waals surface area contributed by atoms with E-state index in [1.54, 1.807) is 17.7 Å². The van der Waals surface area contributed by atoms with E-state index >= 15 is 0 Å². The highest BCUT2D eigenvalue weighted by atomic mass is 16.5. The smallest absolute Gasteiger partial charge is 0.339 e. The summed E-state index contributed by atoms with van der Waals surface area (Å²) in [4.78, 5) is 17.8. The van der Waals surface area contributed by atoms with Gasteiger partial charge in [0.2, 0.25) is 0 Å². The van der Waals surface area contributed by atoms with Gasteiger partial charge in [-0.25, -0.2) is 9.78 Å². The van der Waals surface area contributed by atoms with Gasteiger partial charge in [-0.1, -0.05) is 0 Å². The van der Waals surface area contributed by atoms with Gasteiger partial charge in [0, 0.05) is 38.6 Å². The number of carbonyl (C=O) groups excluding carboxylic acids is 1. The van der Waals surface area contributed by atoms with Gasteiger partial charge in [0.25, 0.3) is 0 Å². The number of hydrogen-bond acceptors (Lipinski definition) is 5. The van der Waals surface area contributed by atoms with E-state index < -0.39 is 0 Å². The first kappa shape index (κ1) is 14.0. The Morgan fingerprint density at radius 1 is 1.40 bits per heavy atom. The zero-order valence-electron chi connectivity index (χ0n) is 11.9. The molecule has 2 heterocycles. The summed E-state index contributed by atoms with van der Waals surface area (Å²) in [5.74, 6) is 0.448. The number of aryl methyl sites for hydroxylation is 1. The molecular weight excluding hydrogens is 256 g/mol. The standard InChI is InChI=1S/C14H18N4O2/c1-4-20-14(19)12-5-6-13(15-8-12)17(2)9-11-7-16-18(3)10-11/h5-8,10H,4,9H2,1-3H3. The molecule has 0 aliphatic carbocycles. The molecule has 0 aromatic carbocycles. The fourth-order valence-corrected chi connectivity index (χ4v) is 1.86. The van der Waals surface area contributed by atoms with Crippen LogP contribution in [0.5, 0.6) is 0 Å². The maximum atomic E-state index is 11.5. The van der Waals surface area contributed by atoms with E-state index in [1.165, 1.54) is 6.20 Å². The zero-order chi connectivity index (χ0) is 14.5. The number of esters is 1. The average molecular weight is 274 g/mol. The molecule has 6 heteroatoms. The van der Waals surface area contributed by atoms with Crippen molar-refractivity contribution in [1.82, 2.24) is 14.8 Å². The average Bonchev–Trinajstić information content (AvgIpc) is 2.84. The largest absolute Gasteiger partial charge is 0.462 e. The van der Waals surface area contributed by atoms with Crippen LogP contribution in [0.4, 0.5) is 5.82 Å². The topological polar surface area (TPSA) is 60.2 Å². The lowest BCUT2D eigenvalue weighted by Gasteiger charge is -2.17. The number of rotatable bonds is 5. The molecule has 2 aromatic heterocycles. The van der Waals surface area contributed by atoms with Crippen LogP contribution in [0.25, 0.3) is 0 Å². The predicted octanol–water partition coefficient (Wildman–Crippen LogP) is 1.63. The number of carbonyl (C=O) groups is 1. The van der Waals surface area contributed by atoms with Crippen LogP contribution in [0.15, 0.2) is 30.7 Å². The number of hydrogen-bond donors (Lipinski definition) is 0. The van der Waals surface area contributed by atoms with Gasteiger partial charge in [-0.2, -0.15) is 5.10 Å². The Morgan fingerprint density at radius 3 is 2.75 bits per heavy atom. The Balaban J connectivity index is 2.03. The number of aromatic nitrogens is 3. The van der Waals surface area contributed by atoms with E-state index in [9.17, 15) is 4.79 Å². The third kappa shape index (κ3) is 3.34. The summed E-state index contributed by atoms with van der Waals surface area (Å²) in [6.45, 7) is 2.85. The van der Waals surface area contributed by atoms with Crippen LogP contribution in [-0.2, 0) is 18.3 Å². The zero-order valence-corrected chi connectivity index (χ0v) is 11.9. The lowest BCUT2D eigenvalue weighted by Crippen LogP contribution is -2.17. The lowest BCUT2D eigenvalue weighted by atomic mass is 10.2. The first-order valence-electron chi connectivity index (χ1n) is 6.42. The lowest BCUT2D eigenvalue weighted by molar-refractivity contribution is 0.0526. The summed E-state index contributed by atoms with van der Waals surface area (Å²) in [7, 11) is 3.83. The van der Waals surface area contributed by atoms with Gasteiger partial charge in [-0.05, 0) is 19.1 Å². The number of nitrogens with zero attached hydrogens (tertiary/aromatic N) is 4. The van der Waals surface area contributed by atoms with Crippen molar-refractivity contribution in [2.24, 2.45) is 7.05 Å². The number of pyridine rings is 1. The number of anilines is 1. The van der Waals surface area contributed by atoms with Gasteiger partial charge >= 0.3 is 5.97 Å². The van der Waals surface area contributed by atoms with Crippen LogP contribution in [0.1, 0.15) is 22.8 Å². The molecular formula is C14H18N4O2. The molecule has 0 unspecified atom stereocenters. The second kappa shape index (κ2) is 6.18. The fraction of sp³-hybridized carbons (Fsp3) is 0.357. The monoisotopic (exact) mass is 274 g/mol. The van der Waals surface area contributed by atoms with Crippen LogP contribution in [0.3, 0.4) is 0 Å². The fourth-order valence-electron chi connectivity index (χ4n) is 1.86. The normalized spacial score (nSPS) is 10.3. The third-order valence-corrected chi connectivity index (χ3v) is 2.83. The Morgan fingerprint density at radius 2 is 2.20 bits per heavy atom. The van der Waals surface area contributed by atoms with Crippen molar-refractivity contribution in [1.29, 1.82) is 0 Å². The van der Waals surface area contributed by atoms with Crippen molar-refractivity contribution in [3.8, 4) is 0 Å². The van der Waals surface area contributed by atoms with E-state index in [0.29, 0.717) is 18.7 Å². The Kier molecular flexibility index (Phi) is 4.34. The molecule has 0 spiro atoms. The van der Waals surface area contributed by atoms with Crippen molar-refractivity contribution in [3.63, 3.8) is 0 Å². The highest BCUT2D eigenvalue weighted by Crippen LogP contribution is 2.13. The van der Waals surface area contributed by atoms with Gasteiger partial charge in [0.1, 0.15) is 5.82 Å². The van der Waals surface area contributed by atoms with Crippen LogP contribution < -0.4 is 4.90 Å². The molecule has 0 saturated heterocycles. The minimum Gasteiger partial charge on any atom is -0.462 e. The Bertz CT molecular complexity index is 577. The van der Waals surface area contributed by atoms with Crippen molar-refractivity contribution in [2.45, 2.75) is 13.5 Å². The summed E-state index contributed by atoms with van der Waals surface area (Å²) < 4.78 is 6.69. The third-order valence-electron chi connectivity index (χ3n) is 2.83. The molecule has 0 aliphatic heterocycles. The Labute approximate surface area is 118 Å². The second-order valence-electron chi connectivity index (χ2n) is 4.50. The van der Waals surface area contributed by atoms with Crippen LogP contribution in [0.2, 0.25) is 0 Å². The summed E-state index contributed by atoms with van der Waals surface area (Å²) in [6.07, 6.45) is 5.32. The highest BCUT2D eigenvalue weighted by molar-refractivity contribution is 5.89. The molecule has 6 nitrogen and oxygen atoms in total. The van der Waals surface area contributed by atoms with E-state index in [1.807, 2.05) is 37.5 Å². The van der Waals surface area contributed by atoms with Gasteiger partial charge < -0.3 is 9.64 Å². The van der Waals surface area contributed by atoms with Crippen LogP contribution >= 0.6 is 0 Å². The van der Waals surface area contributed by atoms with Gasteiger partial charge in [-0.3, -0.25) is 4.68 Å². The summed E-state index contributed by atoms with van der Waals surface area (Å²) in [6, 6.07) is 3.53. The van der Waals surface area contributed by atoms with Gasteiger partial charge in [0.15, 0.2) is 0 Å². The summed E-state index contributed by atoms with van der Waals surface area (Å²) in [5.41, 5.74) is 1.57. The molecule has 0 bridgehead atoms. The maximum absolute atomic E-state index is 11.5. The second-order valence-corrected chi connectivity index (χ2v) is 4.50. The molecule has 0 amide bonds. The highest BCUT2D eigenvalue weighted by Gasteiger charge is 2.09. The Hall–Kier alpha value is -2.37. The van der Waals surface area contributed by atoms with Crippen molar-refractivity contribution in [3.05, 3.63) is 41.9 Å². The van der Waals surface area contributed by atoms with E-state index in [-0.39, 0.29) is 5.97 Å². The summed E-state index contributed by atoms with van der Waals surface area (Å²) in [5, 5.41) is 4.13. The first-order valence-corrected chi connectivity index (χ1v) is 6.42. The van der Waals surface area contributed by atoms with Crippen LogP contribution in [-0.4, -0.2) is 34.4 Å². The summed E-state index contributed by atoms with van der Waals surface area (Å²) >= 11 is 0. The quantitative estimate of drug-likeness (QED) is 0.775. The van der Waals surface area contributed by atoms with Crippen LogP contribution in [0, 0.1) is 0 Å². The SMILES string of the molecule is CCOC(=O)c1ccc(N(C)Cc2cnn(C)c2)nc1. The van der Waals surface area contributed by atoms with Gasteiger partial charge in [-0.15, -0.1) is 0 Å². The molecule has 106 valence electrons. The molecule has 0 radical (unpaired) electrons. The van der Waals surface area contributed by atoms with E-state index in [4.69, 9.17) is 4.74 Å². The molecule has 0 saturated carbocycles. The molecule has 0 N–H and O–H groups in total. The molecule has 2 rings (SSSR count). The molecule has 20 heavy (non-hydrogen) atoms. The van der Waals surface area contributed by atoms with E-state index in [0.717, 1.165) is 11.4 Å². The van der Waals surface area contributed by atoms with Gasteiger partial charge in [0.05, 0.1) is 18.4 Å². The minimum absolute atomic E-state index is 0.346. The predicted molar refractivity (Wildman–Crippen MR) is 75.5 cm³/mol. The van der Waals surface area contributed by atoms with E-state index in [2.05, 4.69) is 10.1 Å². The number of ether oxygens (including phenoxy) is 1. The molecule has 0 fully saturated rings. The van der Waals surface area contributed by atoms with Crippen molar-refractivity contribution >= 4 is 11.8 Å². The first-order chi connectivity index (χ1) is 9.60. The van der Waals surface area contributed by atoms with Crippen molar-refractivity contribution in [2.75, 3.05) is 18.6 Å². The minimum atomic E-state index is -0.346. The molecule has 0 atom stereocenters. The van der Waals surface area contributed by atoms with Crippen molar-refractivity contribution < 1.29 is 9.53 Å². The maximum Gasteiger partial charge on any atom is 0.339 e.